The molecule has 0 bridgehead atoms. The highest BCUT2D eigenvalue weighted by Gasteiger charge is 2.21. The van der Waals surface area contributed by atoms with E-state index >= 15 is 0 Å². The molecule has 33 heavy (non-hydrogen) atoms. The predicted molar refractivity (Wildman–Crippen MR) is 129 cm³/mol. The highest BCUT2D eigenvalue weighted by molar-refractivity contribution is 6.30. The Morgan fingerprint density at radius 3 is 1.91 bits per heavy atom. The summed E-state index contributed by atoms with van der Waals surface area (Å²) < 4.78 is 10.9. The van der Waals surface area contributed by atoms with Crippen molar-refractivity contribution in [3.05, 3.63) is 88.9 Å². The molecular weight excluding hydrogens is 440 g/mol. The van der Waals surface area contributed by atoms with Gasteiger partial charge in [-0.05, 0) is 72.8 Å². The molecule has 170 valence electrons. The Labute approximate surface area is 198 Å². The van der Waals surface area contributed by atoms with Crippen LogP contribution in [0.15, 0.2) is 72.8 Å². The number of ether oxygens (including phenoxy) is 2. The predicted octanol–water partition coefficient (Wildman–Crippen LogP) is 4.31. The van der Waals surface area contributed by atoms with Crippen LogP contribution in [0.4, 0.5) is 5.69 Å². The summed E-state index contributed by atoms with van der Waals surface area (Å²) in [6.07, 6.45) is 0. The van der Waals surface area contributed by atoms with Crippen LogP contribution in [-0.4, -0.2) is 56.5 Å². The van der Waals surface area contributed by atoms with Gasteiger partial charge < -0.3 is 19.3 Å². The number of benzene rings is 3. The van der Waals surface area contributed by atoms with Gasteiger partial charge in [0.05, 0.1) is 7.11 Å². The molecule has 3 aromatic rings. The molecule has 1 saturated heterocycles. The zero-order valence-electron chi connectivity index (χ0n) is 18.4. The molecule has 1 heterocycles. The summed E-state index contributed by atoms with van der Waals surface area (Å²) in [7, 11) is 1.65. The first-order chi connectivity index (χ1) is 16.0. The first-order valence-corrected chi connectivity index (χ1v) is 11.1. The maximum atomic E-state index is 12.6. The number of hydrogen-bond donors (Lipinski definition) is 0. The van der Waals surface area contributed by atoms with Gasteiger partial charge in [-0.25, -0.2) is 0 Å². The van der Waals surface area contributed by atoms with Crippen molar-refractivity contribution in [3.63, 3.8) is 0 Å². The van der Waals surface area contributed by atoms with Crippen LogP contribution in [0.3, 0.4) is 0 Å². The van der Waals surface area contributed by atoms with E-state index in [4.69, 9.17) is 21.1 Å². The van der Waals surface area contributed by atoms with Gasteiger partial charge >= 0.3 is 0 Å². The second kappa shape index (κ2) is 10.4. The van der Waals surface area contributed by atoms with E-state index in [9.17, 15) is 9.59 Å². The number of hydrogen-bond acceptors (Lipinski definition) is 5. The number of piperazine rings is 1. The van der Waals surface area contributed by atoms with E-state index in [2.05, 4.69) is 4.90 Å². The van der Waals surface area contributed by atoms with Crippen molar-refractivity contribution in [2.45, 2.75) is 0 Å². The molecule has 0 saturated carbocycles. The topological polar surface area (TPSA) is 59.1 Å². The van der Waals surface area contributed by atoms with Gasteiger partial charge in [-0.1, -0.05) is 11.6 Å². The summed E-state index contributed by atoms with van der Waals surface area (Å²) in [5, 5.41) is 0.585. The average Bonchev–Trinajstić information content (AvgIpc) is 2.88. The number of rotatable bonds is 7. The van der Waals surface area contributed by atoms with Crippen LogP contribution in [-0.2, 0) is 4.79 Å². The number of methoxy groups -OCH3 is 1. The van der Waals surface area contributed by atoms with E-state index in [1.54, 1.807) is 55.6 Å². The molecule has 0 atom stereocenters. The molecule has 0 N–H and O–H groups in total. The fourth-order valence-electron chi connectivity index (χ4n) is 3.71. The minimum Gasteiger partial charge on any atom is -0.497 e. The zero-order valence-corrected chi connectivity index (χ0v) is 19.1. The van der Waals surface area contributed by atoms with Crippen LogP contribution in [0, 0.1) is 0 Å². The first-order valence-electron chi connectivity index (χ1n) is 10.7. The molecule has 0 aromatic heterocycles. The molecule has 7 heteroatoms. The van der Waals surface area contributed by atoms with Gasteiger partial charge in [-0.3, -0.25) is 9.59 Å². The zero-order chi connectivity index (χ0) is 23.2. The Bertz CT molecular complexity index is 1090. The molecule has 0 aliphatic carbocycles. The smallest absolute Gasteiger partial charge is 0.260 e. The summed E-state index contributed by atoms with van der Waals surface area (Å²) >= 11 is 5.88. The molecule has 0 spiro atoms. The highest BCUT2D eigenvalue weighted by atomic mass is 35.5. The van der Waals surface area contributed by atoms with Crippen molar-refractivity contribution in [3.8, 4) is 11.5 Å². The van der Waals surface area contributed by atoms with E-state index < -0.39 is 0 Å². The van der Waals surface area contributed by atoms with E-state index in [0.717, 1.165) is 24.5 Å². The van der Waals surface area contributed by atoms with Gasteiger partial charge in [0.15, 0.2) is 12.4 Å². The van der Waals surface area contributed by atoms with Crippen molar-refractivity contribution < 1.29 is 19.1 Å². The van der Waals surface area contributed by atoms with Crippen LogP contribution in [0.5, 0.6) is 11.5 Å². The van der Waals surface area contributed by atoms with Crippen molar-refractivity contribution in [2.24, 2.45) is 0 Å². The lowest BCUT2D eigenvalue weighted by atomic mass is 10.0. The lowest BCUT2D eigenvalue weighted by molar-refractivity contribution is -0.133. The van der Waals surface area contributed by atoms with Crippen molar-refractivity contribution in [1.29, 1.82) is 0 Å². The van der Waals surface area contributed by atoms with Crippen LogP contribution in [0.25, 0.3) is 0 Å². The number of anilines is 1. The summed E-state index contributed by atoms with van der Waals surface area (Å²) in [6, 6.07) is 21.5. The van der Waals surface area contributed by atoms with Gasteiger partial charge in [-0.2, -0.15) is 0 Å². The Morgan fingerprint density at radius 1 is 0.788 bits per heavy atom. The normalized spacial score (nSPS) is 13.5. The van der Waals surface area contributed by atoms with Gasteiger partial charge in [0, 0.05) is 48.0 Å². The third-order valence-corrected chi connectivity index (χ3v) is 5.91. The van der Waals surface area contributed by atoms with Gasteiger partial charge in [0.25, 0.3) is 5.91 Å². The molecule has 3 aromatic carbocycles. The van der Waals surface area contributed by atoms with E-state index in [-0.39, 0.29) is 18.3 Å². The lowest BCUT2D eigenvalue weighted by Crippen LogP contribution is -2.50. The molecule has 1 amide bonds. The SMILES string of the molecule is COc1ccc(N2CCN(C(=O)COc3ccc(C(=O)c4ccc(Cl)cc4)cc3)CC2)cc1. The maximum absolute atomic E-state index is 12.6. The van der Waals surface area contributed by atoms with Crippen molar-refractivity contribution in [1.82, 2.24) is 4.90 Å². The number of amides is 1. The minimum absolute atomic E-state index is 0.0347. The second-order valence-corrected chi connectivity index (χ2v) is 8.15. The van der Waals surface area contributed by atoms with Crippen LogP contribution in [0.2, 0.25) is 5.02 Å². The van der Waals surface area contributed by atoms with Crippen LogP contribution < -0.4 is 14.4 Å². The molecule has 0 radical (unpaired) electrons. The van der Waals surface area contributed by atoms with Crippen LogP contribution in [0.1, 0.15) is 15.9 Å². The average molecular weight is 465 g/mol. The number of carbonyl (C=O) groups excluding carboxylic acids is 2. The number of ketones is 1. The summed E-state index contributed by atoms with van der Waals surface area (Å²) in [5.41, 5.74) is 2.23. The maximum Gasteiger partial charge on any atom is 0.260 e. The van der Waals surface area contributed by atoms with Crippen molar-refractivity contribution in [2.75, 3.05) is 44.8 Å². The Balaban J connectivity index is 1.26. The molecular formula is C26H25ClN2O4. The molecule has 1 aliphatic heterocycles. The Morgan fingerprint density at radius 2 is 1.33 bits per heavy atom. The molecule has 4 rings (SSSR count). The number of carbonyl (C=O) groups is 2. The van der Waals surface area contributed by atoms with Crippen molar-refractivity contribution >= 4 is 29.0 Å². The molecule has 1 fully saturated rings. The Hall–Kier alpha value is -3.51. The molecule has 0 unspecified atom stereocenters. The van der Waals surface area contributed by atoms with E-state index in [1.165, 1.54) is 0 Å². The second-order valence-electron chi connectivity index (χ2n) is 7.71. The molecule has 6 nitrogen and oxygen atoms in total. The lowest BCUT2D eigenvalue weighted by Gasteiger charge is -2.36. The monoisotopic (exact) mass is 464 g/mol. The largest absolute Gasteiger partial charge is 0.497 e. The summed E-state index contributed by atoms with van der Waals surface area (Å²) in [5.74, 6) is 1.23. The fraction of sp³-hybridized carbons (Fsp3) is 0.231. The highest BCUT2D eigenvalue weighted by Crippen LogP contribution is 2.21. The third-order valence-electron chi connectivity index (χ3n) is 5.66. The first kappa shape index (κ1) is 22.7. The van der Waals surface area contributed by atoms with Gasteiger partial charge in [-0.15, -0.1) is 0 Å². The van der Waals surface area contributed by atoms with Crippen LogP contribution >= 0.6 is 11.6 Å². The Kier molecular flexibility index (Phi) is 7.15. The standard InChI is InChI=1S/C26H25ClN2O4/c1-32-23-12-8-22(9-13-23)28-14-16-29(17-15-28)25(30)18-33-24-10-4-20(5-11-24)26(31)19-2-6-21(27)7-3-19/h2-13H,14-18H2,1H3. The quantitative estimate of drug-likeness (QED) is 0.488. The molecule has 1 aliphatic rings. The summed E-state index contributed by atoms with van der Waals surface area (Å²) in [6.45, 7) is 2.78. The van der Waals surface area contributed by atoms with E-state index in [1.807, 2.05) is 29.2 Å². The van der Waals surface area contributed by atoms with Gasteiger partial charge in [0.2, 0.25) is 0 Å². The number of halogens is 1. The van der Waals surface area contributed by atoms with Gasteiger partial charge in [0.1, 0.15) is 11.5 Å². The number of nitrogens with zero attached hydrogens (tertiary/aromatic N) is 2. The van der Waals surface area contributed by atoms with E-state index in [0.29, 0.717) is 35.0 Å². The summed E-state index contributed by atoms with van der Waals surface area (Å²) in [4.78, 5) is 29.2. The fourth-order valence-corrected chi connectivity index (χ4v) is 3.84. The third kappa shape index (κ3) is 5.65. The minimum atomic E-state index is -0.0935.